The molecule has 110 valence electrons. The fourth-order valence-electron chi connectivity index (χ4n) is 1.66. The Balaban J connectivity index is 4.85. The van der Waals surface area contributed by atoms with Crippen molar-refractivity contribution in [2.24, 2.45) is 11.5 Å². The Kier molecular flexibility index (Phi) is 6.18. The van der Waals surface area contributed by atoms with Crippen molar-refractivity contribution in [3.05, 3.63) is 11.6 Å². The van der Waals surface area contributed by atoms with Crippen molar-refractivity contribution < 1.29 is 19.8 Å². The summed E-state index contributed by atoms with van der Waals surface area (Å²) < 4.78 is 0. The van der Waals surface area contributed by atoms with E-state index in [0.717, 1.165) is 5.57 Å². The van der Waals surface area contributed by atoms with Crippen molar-refractivity contribution in [2.75, 3.05) is 0 Å². The average molecular weight is 272 g/mol. The molecule has 0 aliphatic rings. The van der Waals surface area contributed by atoms with E-state index in [1.54, 1.807) is 26.8 Å². The molecule has 0 saturated carbocycles. The highest BCUT2D eigenvalue weighted by molar-refractivity contribution is 5.79. The molecule has 0 aliphatic heterocycles. The highest BCUT2D eigenvalue weighted by Crippen LogP contribution is 2.21. The highest BCUT2D eigenvalue weighted by atomic mass is 16.4. The maximum atomic E-state index is 11.1. The van der Waals surface area contributed by atoms with Crippen LogP contribution in [-0.2, 0) is 9.59 Å². The molecule has 19 heavy (non-hydrogen) atoms. The van der Waals surface area contributed by atoms with Crippen LogP contribution in [0.1, 0.15) is 46.5 Å². The van der Waals surface area contributed by atoms with E-state index < -0.39 is 23.0 Å². The Morgan fingerprint density at radius 3 is 1.79 bits per heavy atom. The van der Waals surface area contributed by atoms with Gasteiger partial charge in [0.1, 0.15) is 11.1 Å². The van der Waals surface area contributed by atoms with Gasteiger partial charge in [0, 0.05) is 0 Å². The first-order valence-electron chi connectivity index (χ1n) is 6.31. The first-order valence-corrected chi connectivity index (χ1v) is 6.31. The summed E-state index contributed by atoms with van der Waals surface area (Å²) in [5.74, 6) is -2.12. The van der Waals surface area contributed by atoms with Gasteiger partial charge in [0.2, 0.25) is 0 Å². The predicted molar refractivity (Wildman–Crippen MR) is 72.7 cm³/mol. The highest BCUT2D eigenvalue weighted by Gasteiger charge is 2.33. The lowest BCUT2D eigenvalue weighted by molar-refractivity contribution is -0.144. The predicted octanol–water partition coefficient (Wildman–Crippen LogP) is 1.10. The molecule has 0 aliphatic carbocycles. The Bertz CT molecular complexity index is 381. The van der Waals surface area contributed by atoms with Crippen molar-refractivity contribution in [1.29, 1.82) is 0 Å². The molecule has 0 fully saturated rings. The zero-order valence-corrected chi connectivity index (χ0v) is 11.8. The SMILES string of the molecule is CCC(N)(CC=C(C)CC(N)(CC)C(=O)O)C(=O)O. The molecule has 0 radical (unpaired) electrons. The van der Waals surface area contributed by atoms with E-state index in [-0.39, 0.29) is 12.8 Å². The fourth-order valence-corrected chi connectivity index (χ4v) is 1.66. The van der Waals surface area contributed by atoms with Crippen LogP contribution in [0.25, 0.3) is 0 Å². The van der Waals surface area contributed by atoms with E-state index in [0.29, 0.717) is 12.8 Å². The van der Waals surface area contributed by atoms with Crippen LogP contribution in [0.2, 0.25) is 0 Å². The van der Waals surface area contributed by atoms with Gasteiger partial charge in [-0.15, -0.1) is 0 Å². The largest absolute Gasteiger partial charge is 0.480 e. The lowest BCUT2D eigenvalue weighted by Gasteiger charge is -2.25. The molecule has 0 bridgehead atoms. The van der Waals surface area contributed by atoms with Crippen molar-refractivity contribution in [2.45, 2.75) is 57.5 Å². The molecule has 0 heterocycles. The maximum absolute atomic E-state index is 11.1. The minimum atomic E-state index is -1.31. The van der Waals surface area contributed by atoms with Crippen LogP contribution in [0.15, 0.2) is 11.6 Å². The first kappa shape index (κ1) is 17.6. The average Bonchev–Trinajstić information content (AvgIpc) is 2.35. The molecule has 0 spiro atoms. The van der Waals surface area contributed by atoms with Crippen LogP contribution in [0.3, 0.4) is 0 Å². The minimum absolute atomic E-state index is 0.157. The number of rotatable bonds is 8. The molecule has 0 aromatic heterocycles. The van der Waals surface area contributed by atoms with Gasteiger partial charge in [-0.1, -0.05) is 25.5 Å². The van der Waals surface area contributed by atoms with E-state index in [1.807, 2.05) is 0 Å². The third-order valence-corrected chi connectivity index (χ3v) is 3.52. The number of hydrogen-bond donors (Lipinski definition) is 4. The second-order valence-corrected chi connectivity index (χ2v) is 5.06. The molecule has 2 atom stereocenters. The number of nitrogens with two attached hydrogens (primary N) is 2. The third-order valence-electron chi connectivity index (χ3n) is 3.52. The molecule has 0 rings (SSSR count). The Hall–Kier alpha value is -1.40. The van der Waals surface area contributed by atoms with Gasteiger partial charge in [-0.3, -0.25) is 9.59 Å². The van der Waals surface area contributed by atoms with Gasteiger partial charge < -0.3 is 21.7 Å². The second kappa shape index (κ2) is 6.68. The van der Waals surface area contributed by atoms with Gasteiger partial charge >= 0.3 is 11.9 Å². The first-order chi connectivity index (χ1) is 8.61. The summed E-state index contributed by atoms with van der Waals surface area (Å²) in [6, 6.07) is 0. The topological polar surface area (TPSA) is 127 Å². The van der Waals surface area contributed by atoms with E-state index in [4.69, 9.17) is 21.7 Å². The van der Waals surface area contributed by atoms with E-state index in [9.17, 15) is 9.59 Å². The van der Waals surface area contributed by atoms with Gasteiger partial charge in [-0.25, -0.2) is 0 Å². The summed E-state index contributed by atoms with van der Waals surface area (Å²) >= 11 is 0. The van der Waals surface area contributed by atoms with Gasteiger partial charge in [0.05, 0.1) is 0 Å². The number of aliphatic carboxylic acids is 2. The molecule has 2 unspecified atom stereocenters. The summed E-state index contributed by atoms with van der Waals surface area (Å²) in [5.41, 5.74) is 9.65. The second-order valence-electron chi connectivity index (χ2n) is 5.06. The maximum Gasteiger partial charge on any atom is 0.323 e. The molecule has 0 amide bonds. The van der Waals surface area contributed by atoms with Crippen LogP contribution in [0.4, 0.5) is 0 Å². The molecular formula is C13H24N2O4. The summed E-state index contributed by atoms with van der Waals surface area (Å²) in [6.45, 7) is 5.14. The monoisotopic (exact) mass is 272 g/mol. The Morgan fingerprint density at radius 1 is 1.05 bits per heavy atom. The van der Waals surface area contributed by atoms with Crippen LogP contribution in [0.5, 0.6) is 0 Å². The summed E-state index contributed by atoms with van der Waals surface area (Å²) in [4.78, 5) is 22.1. The van der Waals surface area contributed by atoms with E-state index in [2.05, 4.69) is 0 Å². The van der Waals surface area contributed by atoms with Crippen molar-refractivity contribution in [3.8, 4) is 0 Å². The standard InChI is InChI=1S/C13H24N2O4/c1-4-12(14,10(16)17)7-6-9(3)8-13(15,5-2)11(18)19/h6H,4-5,7-8,14-15H2,1-3H3,(H,16,17)(H,18,19). The minimum Gasteiger partial charge on any atom is -0.480 e. The van der Waals surface area contributed by atoms with Crippen LogP contribution in [0, 0.1) is 0 Å². The van der Waals surface area contributed by atoms with Crippen molar-refractivity contribution >= 4 is 11.9 Å². The molecule has 6 heteroatoms. The summed E-state index contributed by atoms with van der Waals surface area (Å²) in [6.07, 6.45) is 2.60. The Labute approximate surface area is 113 Å². The van der Waals surface area contributed by atoms with Crippen LogP contribution < -0.4 is 11.5 Å². The molecule has 6 nitrogen and oxygen atoms in total. The number of hydrogen-bond acceptors (Lipinski definition) is 4. The number of carbonyl (C=O) groups is 2. The van der Waals surface area contributed by atoms with Gasteiger partial charge in [-0.2, -0.15) is 0 Å². The van der Waals surface area contributed by atoms with Gasteiger partial charge in [0.25, 0.3) is 0 Å². The summed E-state index contributed by atoms with van der Waals surface area (Å²) in [5, 5.41) is 18.1. The lowest BCUT2D eigenvalue weighted by atomic mass is 9.87. The van der Waals surface area contributed by atoms with Crippen molar-refractivity contribution in [3.63, 3.8) is 0 Å². The third kappa shape index (κ3) is 4.65. The zero-order chi connectivity index (χ0) is 15.3. The molecule has 6 N–H and O–H groups in total. The fraction of sp³-hybridized carbons (Fsp3) is 0.692. The van der Waals surface area contributed by atoms with E-state index in [1.165, 1.54) is 0 Å². The Morgan fingerprint density at radius 2 is 1.47 bits per heavy atom. The zero-order valence-electron chi connectivity index (χ0n) is 11.8. The van der Waals surface area contributed by atoms with Crippen LogP contribution >= 0.6 is 0 Å². The lowest BCUT2D eigenvalue weighted by Crippen LogP contribution is -2.48. The smallest absolute Gasteiger partial charge is 0.323 e. The van der Waals surface area contributed by atoms with Gasteiger partial charge in [-0.05, 0) is 32.6 Å². The quantitative estimate of drug-likeness (QED) is 0.490. The van der Waals surface area contributed by atoms with Crippen molar-refractivity contribution in [1.82, 2.24) is 0 Å². The number of carboxylic acids is 2. The molecular weight excluding hydrogens is 248 g/mol. The molecule has 0 aromatic rings. The van der Waals surface area contributed by atoms with Gasteiger partial charge in [0.15, 0.2) is 0 Å². The summed E-state index contributed by atoms with van der Waals surface area (Å²) in [7, 11) is 0. The normalized spacial score (nSPS) is 18.5. The molecule has 0 saturated heterocycles. The van der Waals surface area contributed by atoms with Crippen LogP contribution in [-0.4, -0.2) is 33.2 Å². The molecule has 0 aromatic carbocycles. The van der Waals surface area contributed by atoms with E-state index >= 15 is 0 Å². The number of carboxylic acid groups (broad SMARTS) is 2.